The third kappa shape index (κ3) is 2.57. The number of nitrogens with zero attached hydrogens (tertiary/aromatic N) is 2. The van der Waals surface area contributed by atoms with Crippen LogP contribution in [0.3, 0.4) is 0 Å². The number of benzene rings is 1. The van der Waals surface area contributed by atoms with Crippen LogP contribution in [-0.4, -0.2) is 30.7 Å². The molecule has 0 bridgehead atoms. The van der Waals surface area contributed by atoms with Gasteiger partial charge in [-0.15, -0.1) is 0 Å². The van der Waals surface area contributed by atoms with Crippen molar-refractivity contribution in [3.05, 3.63) is 35.6 Å². The van der Waals surface area contributed by atoms with E-state index in [-0.39, 0.29) is 11.9 Å². The van der Waals surface area contributed by atoms with E-state index in [0.717, 1.165) is 12.1 Å². The Morgan fingerprint density at radius 2 is 2.44 bits per heavy atom. The van der Waals surface area contributed by atoms with Crippen molar-refractivity contribution in [2.75, 3.05) is 19.8 Å². The predicted molar refractivity (Wildman–Crippen MR) is 57.0 cm³/mol. The normalized spacial score (nSPS) is 21.6. The number of hydrogen-bond acceptors (Lipinski definition) is 3. The standard InChI is InChI=1S/C12H13FN2O/c13-11-3-1-2-10(6-11)8-15-4-5-16-9-12(15)7-14/h1-3,6,12H,4-5,8-9H2/t12-/m0/s1. The Hall–Kier alpha value is -1.44. The highest BCUT2D eigenvalue weighted by Gasteiger charge is 2.22. The fourth-order valence-electron chi connectivity index (χ4n) is 1.82. The summed E-state index contributed by atoms with van der Waals surface area (Å²) >= 11 is 0. The maximum absolute atomic E-state index is 13.0. The molecule has 0 radical (unpaired) electrons. The molecule has 0 N–H and O–H groups in total. The number of morpholine rings is 1. The lowest BCUT2D eigenvalue weighted by molar-refractivity contribution is 0.00886. The van der Waals surface area contributed by atoms with Gasteiger partial charge in [-0.25, -0.2) is 4.39 Å². The molecule has 1 aliphatic rings. The van der Waals surface area contributed by atoms with Crippen LogP contribution in [0.1, 0.15) is 5.56 Å². The maximum atomic E-state index is 13.0. The molecule has 0 unspecified atom stereocenters. The summed E-state index contributed by atoms with van der Waals surface area (Å²) in [5.74, 6) is -0.237. The van der Waals surface area contributed by atoms with Gasteiger partial charge in [0.25, 0.3) is 0 Å². The average molecular weight is 220 g/mol. The van der Waals surface area contributed by atoms with Crippen molar-refractivity contribution >= 4 is 0 Å². The van der Waals surface area contributed by atoms with Crippen LogP contribution < -0.4 is 0 Å². The Kier molecular flexibility index (Phi) is 3.50. The molecule has 2 rings (SSSR count). The Morgan fingerprint density at radius 3 is 3.19 bits per heavy atom. The highest BCUT2D eigenvalue weighted by molar-refractivity contribution is 5.16. The van der Waals surface area contributed by atoms with Gasteiger partial charge in [0.05, 0.1) is 19.3 Å². The van der Waals surface area contributed by atoms with Gasteiger partial charge in [0, 0.05) is 13.1 Å². The van der Waals surface area contributed by atoms with Crippen molar-refractivity contribution in [1.29, 1.82) is 5.26 Å². The molecule has 0 amide bonds. The zero-order valence-electron chi connectivity index (χ0n) is 8.90. The molecular formula is C12H13FN2O. The van der Waals surface area contributed by atoms with Crippen molar-refractivity contribution in [2.45, 2.75) is 12.6 Å². The lowest BCUT2D eigenvalue weighted by Gasteiger charge is -2.31. The van der Waals surface area contributed by atoms with E-state index in [1.165, 1.54) is 12.1 Å². The summed E-state index contributed by atoms with van der Waals surface area (Å²) in [6, 6.07) is 8.45. The molecular weight excluding hydrogens is 207 g/mol. The van der Waals surface area contributed by atoms with Crippen molar-refractivity contribution in [3.8, 4) is 6.07 Å². The summed E-state index contributed by atoms with van der Waals surface area (Å²) in [5.41, 5.74) is 0.891. The van der Waals surface area contributed by atoms with Gasteiger partial charge >= 0.3 is 0 Å². The molecule has 0 saturated carbocycles. The average Bonchev–Trinajstić information content (AvgIpc) is 2.30. The van der Waals surface area contributed by atoms with Gasteiger partial charge in [0.1, 0.15) is 11.9 Å². The SMILES string of the molecule is N#C[C@H]1COCCN1Cc1cccc(F)c1. The Morgan fingerprint density at radius 1 is 1.56 bits per heavy atom. The number of nitriles is 1. The number of rotatable bonds is 2. The van der Waals surface area contributed by atoms with Gasteiger partial charge < -0.3 is 4.74 Å². The predicted octanol–water partition coefficient (Wildman–Crippen LogP) is 1.55. The van der Waals surface area contributed by atoms with Crippen molar-refractivity contribution in [1.82, 2.24) is 4.90 Å². The zero-order valence-corrected chi connectivity index (χ0v) is 8.90. The molecule has 1 aromatic carbocycles. The summed E-state index contributed by atoms with van der Waals surface area (Å²) < 4.78 is 18.2. The summed E-state index contributed by atoms with van der Waals surface area (Å²) in [4.78, 5) is 2.01. The Bertz CT molecular complexity index is 402. The molecule has 4 heteroatoms. The number of halogens is 1. The van der Waals surface area contributed by atoms with Gasteiger partial charge in [0.2, 0.25) is 0 Å². The number of hydrogen-bond donors (Lipinski definition) is 0. The molecule has 0 aliphatic carbocycles. The lowest BCUT2D eigenvalue weighted by atomic mass is 10.1. The molecule has 1 heterocycles. The smallest absolute Gasteiger partial charge is 0.123 e. The molecule has 1 atom stereocenters. The summed E-state index contributed by atoms with van der Waals surface area (Å²) in [5, 5.41) is 8.95. The first-order valence-electron chi connectivity index (χ1n) is 5.25. The van der Waals surface area contributed by atoms with E-state index in [1.807, 2.05) is 11.0 Å². The van der Waals surface area contributed by atoms with Gasteiger partial charge in [-0.2, -0.15) is 5.26 Å². The second-order valence-electron chi connectivity index (χ2n) is 3.82. The third-order valence-corrected chi connectivity index (χ3v) is 2.66. The van der Waals surface area contributed by atoms with E-state index in [9.17, 15) is 4.39 Å². The van der Waals surface area contributed by atoms with Crippen molar-refractivity contribution < 1.29 is 9.13 Å². The Balaban J connectivity index is 2.05. The highest BCUT2D eigenvalue weighted by Crippen LogP contribution is 2.12. The molecule has 1 fully saturated rings. The molecule has 1 saturated heterocycles. The molecule has 84 valence electrons. The molecule has 0 spiro atoms. The van der Waals surface area contributed by atoms with Crippen LogP contribution in [0.4, 0.5) is 4.39 Å². The van der Waals surface area contributed by atoms with Crippen LogP contribution in [0.25, 0.3) is 0 Å². The van der Waals surface area contributed by atoms with Crippen LogP contribution in [-0.2, 0) is 11.3 Å². The van der Waals surface area contributed by atoms with E-state index in [1.54, 1.807) is 6.07 Å². The van der Waals surface area contributed by atoms with E-state index >= 15 is 0 Å². The van der Waals surface area contributed by atoms with Crippen LogP contribution in [0.15, 0.2) is 24.3 Å². The fourth-order valence-corrected chi connectivity index (χ4v) is 1.82. The minimum absolute atomic E-state index is 0.225. The minimum atomic E-state index is -0.237. The van der Waals surface area contributed by atoms with Gasteiger partial charge in [-0.3, -0.25) is 4.90 Å². The topological polar surface area (TPSA) is 36.3 Å². The summed E-state index contributed by atoms with van der Waals surface area (Å²) in [6.07, 6.45) is 0. The first kappa shape index (κ1) is 11.1. The zero-order chi connectivity index (χ0) is 11.4. The van der Waals surface area contributed by atoms with Crippen molar-refractivity contribution in [3.63, 3.8) is 0 Å². The van der Waals surface area contributed by atoms with Crippen LogP contribution in [0.2, 0.25) is 0 Å². The van der Waals surface area contributed by atoms with Gasteiger partial charge in [-0.1, -0.05) is 12.1 Å². The van der Waals surface area contributed by atoms with E-state index < -0.39 is 0 Å². The van der Waals surface area contributed by atoms with Gasteiger partial charge in [0.15, 0.2) is 0 Å². The van der Waals surface area contributed by atoms with Crippen molar-refractivity contribution in [2.24, 2.45) is 0 Å². The largest absolute Gasteiger partial charge is 0.377 e. The molecule has 3 nitrogen and oxygen atoms in total. The molecule has 1 aromatic rings. The maximum Gasteiger partial charge on any atom is 0.123 e. The molecule has 16 heavy (non-hydrogen) atoms. The van der Waals surface area contributed by atoms with E-state index in [2.05, 4.69) is 6.07 Å². The van der Waals surface area contributed by atoms with Crippen LogP contribution >= 0.6 is 0 Å². The second kappa shape index (κ2) is 5.06. The van der Waals surface area contributed by atoms with Crippen LogP contribution in [0.5, 0.6) is 0 Å². The summed E-state index contributed by atoms with van der Waals surface area (Å²) in [6.45, 7) is 2.38. The third-order valence-electron chi connectivity index (χ3n) is 2.66. The highest BCUT2D eigenvalue weighted by atomic mass is 19.1. The van der Waals surface area contributed by atoms with E-state index in [4.69, 9.17) is 10.00 Å². The fraction of sp³-hybridized carbons (Fsp3) is 0.417. The minimum Gasteiger partial charge on any atom is -0.377 e. The van der Waals surface area contributed by atoms with Crippen LogP contribution in [0, 0.1) is 17.1 Å². The second-order valence-corrected chi connectivity index (χ2v) is 3.82. The lowest BCUT2D eigenvalue weighted by Crippen LogP contribution is -2.43. The van der Waals surface area contributed by atoms with Gasteiger partial charge in [-0.05, 0) is 17.7 Å². The molecule has 1 aliphatic heterocycles. The number of ether oxygens (including phenoxy) is 1. The Labute approximate surface area is 94.0 Å². The summed E-state index contributed by atoms with van der Waals surface area (Å²) in [7, 11) is 0. The quantitative estimate of drug-likeness (QED) is 0.758. The molecule has 0 aromatic heterocycles. The monoisotopic (exact) mass is 220 g/mol. The first-order chi connectivity index (χ1) is 7.79. The first-order valence-corrected chi connectivity index (χ1v) is 5.25. The van der Waals surface area contributed by atoms with E-state index in [0.29, 0.717) is 19.8 Å².